The summed E-state index contributed by atoms with van der Waals surface area (Å²) in [6.45, 7) is 1.30. The Bertz CT molecular complexity index is 538. The Balaban J connectivity index is 2.28. The number of anilines is 1. The lowest BCUT2D eigenvalue weighted by Crippen LogP contribution is -2.36. The van der Waals surface area contributed by atoms with Gasteiger partial charge in [0.2, 0.25) is 0 Å². The molecule has 5 nitrogen and oxygen atoms in total. The van der Waals surface area contributed by atoms with Crippen molar-refractivity contribution in [3.8, 4) is 0 Å². The van der Waals surface area contributed by atoms with E-state index < -0.39 is 17.3 Å². The molecule has 0 bridgehead atoms. The van der Waals surface area contributed by atoms with E-state index in [0.717, 1.165) is 0 Å². The number of amides is 1. The van der Waals surface area contributed by atoms with E-state index in [9.17, 15) is 19.5 Å². The largest absolute Gasteiger partial charge is 0.375 e. The highest BCUT2D eigenvalue weighted by molar-refractivity contribution is 6.08. The van der Waals surface area contributed by atoms with Gasteiger partial charge in [0.25, 0.3) is 5.91 Å². The molecule has 0 saturated carbocycles. The van der Waals surface area contributed by atoms with Crippen LogP contribution in [0.3, 0.4) is 0 Å². The van der Waals surface area contributed by atoms with Gasteiger partial charge in [-0.15, -0.1) is 0 Å². The zero-order valence-corrected chi connectivity index (χ0v) is 9.90. The first-order chi connectivity index (χ1) is 8.43. The summed E-state index contributed by atoms with van der Waals surface area (Å²) in [6, 6.07) is 6.65. The third-order valence-electron chi connectivity index (χ3n) is 2.90. The Morgan fingerprint density at radius 2 is 2.00 bits per heavy atom. The van der Waals surface area contributed by atoms with Gasteiger partial charge in [-0.1, -0.05) is 18.2 Å². The number of rotatable bonds is 4. The van der Waals surface area contributed by atoms with Crippen molar-refractivity contribution in [1.82, 2.24) is 0 Å². The smallest absolute Gasteiger partial charge is 0.261 e. The van der Waals surface area contributed by atoms with Crippen LogP contribution in [-0.2, 0) is 20.0 Å². The number of carbonyl (C=O) groups excluding carboxylic acids is 3. The maximum atomic E-state index is 11.8. The third kappa shape index (κ3) is 2.04. The highest BCUT2D eigenvalue weighted by Crippen LogP contribution is 2.38. The molecule has 1 aromatic carbocycles. The molecule has 0 aliphatic carbocycles. The van der Waals surface area contributed by atoms with Crippen LogP contribution in [0.4, 0.5) is 5.69 Å². The lowest BCUT2D eigenvalue weighted by molar-refractivity contribution is -0.141. The fourth-order valence-corrected chi connectivity index (χ4v) is 2.10. The molecule has 1 aromatic rings. The minimum absolute atomic E-state index is 0.266. The molecule has 94 valence electrons. The topological polar surface area (TPSA) is 83.5 Å². The van der Waals surface area contributed by atoms with Gasteiger partial charge in [-0.05, 0) is 13.0 Å². The van der Waals surface area contributed by atoms with Gasteiger partial charge in [0.1, 0.15) is 11.6 Å². The Kier molecular flexibility index (Phi) is 3.00. The van der Waals surface area contributed by atoms with Crippen LogP contribution in [0.2, 0.25) is 0 Å². The van der Waals surface area contributed by atoms with Gasteiger partial charge >= 0.3 is 0 Å². The number of fused-ring (bicyclic) bond motifs is 1. The highest BCUT2D eigenvalue weighted by Gasteiger charge is 2.46. The molecule has 2 N–H and O–H groups in total. The lowest BCUT2D eigenvalue weighted by atomic mass is 9.89. The molecule has 1 heterocycles. The maximum absolute atomic E-state index is 11.8. The lowest BCUT2D eigenvalue weighted by Gasteiger charge is -2.19. The summed E-state index contributed by atoms with van der Waals surface area (Å²) >= 11 is 0. The zero-order valence-electron chi connectivity index (χ0n) is 9.90. The van der Waals surface area contributed by atoms with Crippen LogP contribution in [0, 0.1) is 0 Å². The van der Waals surface area contributed by atoms with E-state index in [1.807, 2.05) is 0 Å². The standard InChI is InChI=1S/C13H13NO4/c1-8(15)6-9(16)7-13(18)10-4-2-3-5-11(10)14-12(13)17/h2-5,18H,6-7H2,1H3,(H,14,17). The fraction of sp³-hybridized carbons (Fsp3) is 0.308. The van der Waals surface area contributed by atoms with Crippen LogP contribution in [0.15, 0.2) is 24.3 Å². The van der Waals surface area contributed by atoms with Crippen LogP contribution in [-0.4, -0.2) is 22.6 Å². The van der Waals surface area contributed by atoms with E-state index in [2.05, 4.69) is 5.32 Å². The predicted molar refractivity (Wildman–Crippen MR) is 63.9 cm³/mol. The summed E-state index contributed by atoms with van der Waals surface area (Å²) in [4.78, 5) is 34.2. The molecule has 1 aliphatic rings. The molecule has 0 saturated heterocycles. The number of Topliss-reactive ketones (excluding diaryl/α,β-unsaturated/α-hetero) is 2. The minimum atomic E-state index is -1.86. The van der Waals surface area contributed by atoms with E-state index >= 15 is 0 Å². The number of ketones is 2. The number of hydrogen-bond acceptors (Lipinski definition) is 4. The molecule has 1 amide bonds. The van der Waals surface area contributed by atoms with Crippen molar-refractivity contribution in [2.75, 3.05) is 5.32 Å². The normalized spacial score (nSPS) is 21.3. The number of carbonyl (C=O) groups is 3. The molecule has 18 heavy (non-hydrogen) atoms. The first-order valence-corrected chi connectivity index (χ1v) is 5.58. The Hall–Kier alpha value is -2.01. The van der Waals surface area contributed by atoms with Crippen molar-refractivity contribution < 1.29 is 19.5 Å². The SMILES string of the molecule is CC(=O)CC(=O)CC1(O)C(=O)Nc2ccccc21. The van der Waals surface area contributed by atoms with E-state index in [1.165, 1.54) is 6.92 Å². The van der Waals surface area contributed by atoms with Crippen LogP contribution in [0.25, 0.3) is 0 Å². The monoisotopic (exact) mass is 247 g/mol. The van der Waals surface area contributed by atoms with Crippen molar-refractivity contribution in [2.24, 2.45) is 0 Å². The second-order valence-electron chi connectivity index (χ2n) is 4.45. The Morgan fingerprint density at radius 1 is 1.33 bits per heavy atom. The molecular weight excluding hydrogens is 234 g/mol. The second kappa shape index (κ2) is 4.34. The average molecular weight is 247 g/mol. The average Bonchev–Trinajstić information content (AvgIpc) is 2.50. The van der Waals surface area contributed by atoms with E-state index in [0.29, 0.717) is 11.3 Å². The fourth-order valence-electron chi connectivity index (χ4n) is 2.10. The molecule has 1 atom stereocenters. The molecule has 1 aliphatic heterocycles. The van der Waals surface area contributed by atoms with Gasteiger partial charge in [-0.3, -0.25) is 14.4 Å². The summed E-state index contributed by atoms with van der Waals surface area (Å²) < 4.78 is 0. The summed E-state index contributed by atoms with van der Waals surface area (Å²) in [5, 5.41) is 12.9. The first-order valence-electron chi connectivity index (χ1n) is 5.58. The summed E-state index contributed by atoms with van der Waals surface area (Å²) in [6.07, 6.45) is -0.646. The minimum Gasteiger partial charge on any atom is -0.375 e. The molecular formula is C13H13NO4. The van der Waals surface area contributed by atoms with Crippen LogP contribution < -0.4 is 5.32 Å². The van der Waals surface area contributed by atoms with E-state index in [-0.39, 0.29) is 18.6 Å². The predicted octanol–water partition coefficient (Wildman–Crippen LogP) is 0.765. The maximum Gasteiger partial charge on any atom is 0.261 e. The summed E-state index contributed by atoms with van der Waals surface area (Å²) in [7, 11) is 0. The van der Waals surface area contributed by atoms with Crippen LogP contribution in [0.1, 0.15) is 25.3 Å². The molecule has 1 unspecified atom stereocenters. The van der Waals surface area contributed by atoms with E-state index in [1.54, 1.807) is 24.3 Å². The van der Waals surface area contributed by atoms with Gasteiger partial charge < -0.3 is 10.4 Å². The number of para-hydroxylation sites is 1. The van der Waals surface area contributed by atoms with Crippen molar-refractivity contribution in [3.05, 3.63) is 29.8 Å². The summed E-state index contributed by atoms with van der Waals surface area (Å²) in [5.74, 6) is -1.35. The van der Waals surface area contributed by atoms with Crippen molar-refractivity contribution in [3.63, 3.8) is 0 Å². The third-order valence-corrected chi connectivity index (χ3v) is 2.90. The van der Waals surface area contributed by atoms with Crippen LogP contribution >= 0.6 is 0 Å². The van der Waals surface area contributed by atoms with Gasteiger partial charge in [0.05, 0.1) is 6.42 Å². The van der Waals surface area contributed by atoms with Crippen LogP contribution in [0.5, 0.6) is 0 Å². The first kappa shape index (κ1) is 12.4. The molecule has 0 radical (unpaired) electrons. The number of nitrogens with one attached hydrogen (secondary N) is 1. The molecule has 0 fully saturated rings. The molecule has 2 rings (SSSR count). The van der Waals surface area contributed by atoms with Gasteiger partial charge in [0, 0.05) is 17.7 Å². The summed E-state index contributed by atoms with van der Waals surface area (Å²) in [5.41, 5.74) is -0.976. The zero-order chi connectivity index (χ0) is 13.3. The number of benzene rings is 1. The van der Waals surface area contributed by atoms with Crippen molar-refractivity contribution >= 4 is 23.2 Å². The van der Waals surface area contributed by atoms with Gasteiger partial charge in [-0.2, -0.15) is 0 Å². The number of aliphatic hydroxyl groups is 1. The molecule has 0 spiro atoms. The Morgan fingerprint density at radius 3 is 2.67 bits per heavy atom. The van der Waals surface area contributed by atoms with E-state index in [4.69, 9.17) is 0 Å². The Labute approximate surface area is 104 Å². The highest BCUT2D eigenvalue weighted by atomic mass is 16.3. The van der Waals surface area contributed by atoms with Crippen molar-refractivity contribution in [1.29, 1.82) is 0 Å². The number of hydrogen-bond donors (Lipinski definition) is 2. The van der Waals surface area contributed by atoms with Crippen molar-refractivity contribution in [2.45, 2.75) is 25.4 Å². The second-order valence-corrected chi connectivity index (χ2v) is 4.45. The quantitative estimate of drug-likeness (QED) is 0.769. The van der Waals surface area contributed by atoms with Gasteiger partial charge in [-0.25, -0.2) is 0 Å². The molecule has 0 aromatic heterocycles. The molecule has 5 heteroatoms. The van der Waals surface area contributed by atoms with Gasteiger partial charge in [0.15, 0.2) is 5.60 Å².